The van der Waals surface area contributed by atoms with Gasteiger partial charge in [-0.3, -0.25) is 14.9 Å². The van der Waals surface area contributed by atoms with Crippen LogP contribution >= 0.6 is 0 Å². The average Bonchev–Trinajstić information content (AvgIpc) is 2.69. The van der Waals surface area contributed by atoms with Crippen LogP contribution in [-0.4, -0.2) is 38.6 Å². The fourth-order valence-electron chi connectivity index (χ4n) is 3.57. The number of aryl methyl sites for hydroxylation is 1. The van der Waals surface area contributed by atoms with Gasteiger partial charge >= 0.3 is 0 Å². The van der Waals surface area contributed by atoms with Gasteiger partial charge in [0.15, 0.2) is 9.84 Å². The average molecular weight is 417 g/mol. The summed E-state index contributed by atoms with van der Waals surface area (Å²) >= 11 is 0. The van der Waals surface area contributed by atoms with Crippen LogP contribution < -0.4 is 10.6 Å². The standard InChI is InChI=1S/C20H23N3O5S/c1-29(27,28)15-9-10-18(19(13-15)23(25)26)21-11-12-22-20(24)17-8-4-6-14-5-2-3-7-16(14)17/h2-3,5,7,9-10,13,17,21H,4,6,8,11-12H2,1H3,(H,22,24). The van der Waals surface area contributed by atoms with E-state index in [1.54, 1.807) is 0 Å². The number of rotatable bonds is 7. The lowest BCUT2D eigenvalue weighted by molar-refractivity contribution is -0.384. The molecule has 154 valence electrons. The molecule has 9 heteroatoms. The highest BCUT2D eigenvalue weighted by molar-refractivity contribution is 7.90. The van der Waals surface area contributed by atoms with Gasteiger partial charge in [0.25, 0.3) is 5.69 Å². The van der Waals surface area contributed by atoms with Crippen LogP contribution in [0, 0.1) is 10.1 Å². The zero-order valence-electron chi connectivity index (χ0n) is 16.1. The minimum absolute atomic E-state index is 0.0547. The Hall–Kier alpha value is -2.94. The first-order valence-corrected chi connectivity index (χ1v) is 11.2. The maximum absolute atomic E-state index is 12.6. The second kappa shape index (κ2) is 8.60. The molecule has 3 rings (SSSR count). The van der Waals surface area contributed by atoms with Crippen molar-refractivity contribution >= 4 is 27.1 Å². The van der Waals surface area contributed by atoms with Crippen molar-refractivity contribution < 1.29 is 18.1 Å². The summed E-state index contributed by atoms with van der Waals surface area (Å²) in [6.45, 7) is 0.571. The number of nitrogens with one attached hydrogen (secondary N) is 2. The first-order chi connectivity index (χ1) is 13.8. The minimum atomic E-state index is -3.54. The van der Waals surface area contributed by atoms with Crippen molar-refractivity contribution in [2.45, 2.75) is 30.1 Å². The van der Waals surface area contributed by atoms with Crippen molar-refractivity contribution in [1.29, 1.82) is 0 Å². The van der Waals surface area contributed by atoms with Crippen LogP contribution in [0.2, 0.25) is 0 Å². The number of nitro groups is 1. The number of hydrogen-bond acceptors (Lipinski definition) is 6. The molecule has 1 unspecified atom stereocenters. The lowest BCUT2D eigenvalue weighted by Crippen LogP contribution is -2.34. The summed E-state index contributed by atoms with van der Waals surface area (Å²) in [6, 6.07) is 11.7. The fourth-order valence-corrected chi connectivity index (χ4v) is 4.22. The van der Waals surface area contributed by atoms with E-state index in [-0.39, 0.29) is 34.6 Å². The molecule has 0 saturated heterocycles. The van der Waals surface area contributed by atoms with E-state index in [1.165, 1.54) is 17.7 Å². The molecule has 1 atom stereocenters. The van der Waals surface area contributed by atoms with E-state index in [1.807, 2.05) is 18.2 Å². The number of sulfone groups is 1. The van der Waals surface area contributed by atoms with Gasteiger partial charge in [0.1, 0.15) is 5.69 Å². The molecule has 2 N–H and O–H groups in total. The van der Waals surface area contributed by atoms with Crippen LogP contribution in [0.5, 0.6) is 0 Å². The Morgan fingerprint density at radius 1 is 1.21 bits per heavy atom. The molecule has 2 aromatic carbocycles. The van der Waals surface area contributed by atoms with Crippen LogP contribution in [0.1, 0.15) is 29.9 Å². The molecule has 0 saturated carbocycles. The Morgan fingerprint density at radius 3 is 2.69 bits per heavy atom. The third-order valence-corrected chi connectivity index (χ3v) is 6.13. The van der Waals surface area contributed by atoms with Crippen molar-refractivity contribution in [3.8, 4) is 0 Å². The Balaban J connectivity index is 1.60. The highest BCUT2D eigenvalue weighted by Gasteiger charge is 2.25. The van der Waals surface area contributed by atoms with Gasteiger partial charge in [-0.2, -0.15) is 0 Å². The van der Waals surface area contributed by atoms with E-state index in [9.17, 15) is 23.3 Å². The number of fused-ring (bicyclic) bond motifs is 1. The maximum atomic E-state index is 12.6. The normalized spacial score (nSPS) is 16.0. The van der Waals surface area contributed by atoms with Gasteiger partial charge in [-0.25, -0.2) is 8.42 Å². The smallest absolute Gasteiger partial charge is 0.293 e. The first kappa shape index (κ1) is 20.8. The molecule has 0 bridgehead atoms. The Morgan fingerprint density at radius 2 is 1.97 bits per heavy atom. The second-order valence-corrected chi connectivity index (χ2v) is 9.09. The monoisotopic (exact) mass is 417 g/mol. The van der Waals surface area contributed by atoms with Crippen LogP contribution in [0.15, 0.2) is 47.4 Å². The molecule has 0 heterocycles. The van der Waals surface area contributed by atoms with E-state index < -0.39 is 14.8 Å². The van der Waals surface area contributed by atoms with Gasteiger partial charge in [0.2, 0.25) is 5.91 Å². The summed E-state index contributed by atoms with van der Waals surface area (Å²) in [6.07, 6.45) is 3.74. The number of carbonyl (C=O) groups excluding carboxylic acids is 1. The second-order valence-electron chi connectivity index (χ2n) is 7.07. The molecular formula is C20H23N3O5S. The molecule has 0 radical (unpaired) electrons. The van der Waals surface area contributed by atoms with Gasteiger partial charge in [-0.1, -0.05) is 24.3 Å². The molecule has 1 aliphatic rings. The van der Waals surface area contributed by atoms with E-state index >= 15 is 0 Å². The predicted octanol–water partition coefficient (Wildman–Crippen LogP) is 2.65. The maximum Gasteiger partial charge on any atom is 0.293 e. The van der Waals surface area contributed by atoms with Crippen molar-refractivity contribution in [3.63, 3.8) is 0 Å². The van der Waals surface area contributed by atoms with E-state index in [2.05, 4.69) is 16.7 Å². The number of benzene rings is 2. The van der Waals surface area contributed by atoms with Crippen LogP contribution in [0.25, 0.3) is 0 Å². The third kappa shape index (κ3) is 4.92. The van der Waals surface area contributed by atoms with Crippen LogP contribution in [-0.2, 0) is 21.1 Å². The molecule has 8 nitrogen and oxygen atoms in total. The summed E-state index contributed by atoms with van der Waals surface area (Å²) in [5, 5.41) is 17.0. The van der Waals surface area contributed by atoms with E-state index in [0.29, 0.717) is 6.54 Å². The molecule has 1 aliphatic carbocycles. The van der Waals surface area contributed by atoms with Crippen molar-refractivity contribution in [3.05, 3.63) is 63.7 Å². The van der Waals surface area contributed by atoms with E-state index in [4.69, 9.17) is 0 Å². The zero-order chi connectivity index (χ0) is 21.0. The van der Waals surface area contributed by atoms with Gasteiger partial charge in [-0.15, -0.1) is 0 Å². The number of nitro benzene ring substituents is 1. The number of anilines is 1. The topological polar surface area (TPSA) is 118 Å². The first-order valence-electron chi connectivity index (χ1n) is 9.35. The summed E-state index contributed by atoms with van der Waals surface area (Å²) < 4.78 is 23.2. The molecular weight excluding hydrogens is 394 g/mol. The van der Waals surface area contributed by atoms with E-state index in [0.717, 1.165) is 37.1 Å². The van der Waals surface area contributed by atoms with Crippen molar-refractivity contribution in [1.82, 2.24) is 5.32 Å². The van der Waals surface area contributed by atoms with Gasteiger partial charge in [0.05, 0.1) is 15.7 Å². The lowest BCUT2D eigenvalue weighted by Gasteiger charge is -2.24. The largest absolute Gasteiger partial charge is 0.378 e. The number of nitrogens with zero attached hydrogens (tertiary/aromatic N) is 1. The summed E-state index contributed by atoms with van der Waals surface area (Å²) in [5.41, 5.74) is 2.16. The van der Waals surface area contributed by atoms with Crippen molar-refractivity contribution in [2.24, 2.45) is 0 Å². The highest BCUT2D eigenvalue weighted by Crippen LogP contribution is 2.31. The summed E-state index contributed by atoms with van der Waals surface area (Å²) in [7, 11) is -3.54. The fraction of sp³-hybridized carbons (Fsp3) is 0.350. The lowest BCUT2D eigenvalue weighted by atomic mass is 9.82. The quantitative estimate of drug-likeness (QED) is 0.406. The predicted molar refractivity (Wildman–Crippen MR) is 110 cm³/mol. The molecule has 29 heavy (non-hydrogen) atoms. The van der Waals surface area contributed by atoms with Crippen molar-refractivity contribution in [2.75, 3.05) is 24.7 Å². The number of hydrogen-bond donors (Lipinski definition) is 2. The van der Waals surface area contributed by atoms with Crippen LogP contribution in [0.4, 0.5) is 11.4 Å². The Kier molecular flexibility index (Phi) is 6.17. The Labute approximate surface area is 169 Å². The molecule has 0 spiro atoms. The highest BCUT2D eigenvalue weighted by atomic mass is 32.2. The SMILES string of the molecule is CS(=O)(=O)c1ccc(NCCNC(=O)C2CCCc3ccccc32)c([N+](=O)[O-])c1. The molecule has 2 aromatic rings. The Bertz CT molecular complexity index is 1040. The van der Waals surface area contributed by atoms with Gasteiger partial charge in [-0.05, 0) is 42.5 Å². The van der Waals surface area contributed by atoms with Gasteiger partial charge in [0, 0.05) is 25.4 Å². The summed E-state index contributed by atoms with van der Waals surface area (Å²) in [4.78, 5) is 23.1. The molecule has 0 aliphatic heterocycles. The molecule has 0 fully saturated rings. The number of amides is 1. The molecule has 1 amide bonds. The zero-order valence-corrected chi connectivity index (χ0v) is 16.9. The van der Waals surface area contributed by atoms with Crippen LogP contribution in [0.3, 0.4) is 0 Å². The minimum Gasteiger partial charge on any atom is -0.378 e. The number of carbonyl (C=O) groups is 1. The van der Waals surface area contributed by atoms with Gasteiger partial charge < -0.3 is 10.6 Å². The third-order valence-electron chi connectivity index (χ3n) is 5.02. The molecule has 0 aromatic heterocycles. The summed E-state index contributed by atoms with van der Waals surface area (Å²) in [5.74, 6) is -0.232.